The first kappa shape index (κ1) is 29.9. The molecular formula is C25H49NO5. The number of unbranched alkanes of at least 4 members (excludes halogenated alkanes) is 12. The van der Waals surface area contributed by atoms with Gasteiger partial charge in [0.25, 0.3) is 0 Å². The Kier molecular flexibility index (Phi) is 17.8. The Balaban J connectivity index is 3.74. The first-order chi connectivity index (χ1) is 14.6. The third-order valence-electron chi connectivity index (χ3n) is 5.49. The standard InChI is InChI=1S/C25H49NO5/c1-5-6-7-8-9-10-11-12-13-14-15-16-17-18-22(27)19-25(30)31-23(20-24(28)29)21-26(2,3)4/h22-23,27H,5-21H2,1-4H3. The molecule has 0 aliphatic heterocycles. The van der Waals surface area contributed by atoms with Crippen LogP contribution in [0, 0.1) is 0 Å². The fourth-order valence-electron chi connectivity index (χ4n) is 3.87. The number of carbonyl (C=O) groups is 2. The lowest BCUT2D eigenvalue weighted by Crippen LogP contribution is -2.45. The second-order valence-corrected chi connectivity index (χ2v) is 10.1. The number of quaternary nitrogens is 1. The van der Waals surface area contributed by atoms with E-state index in [2.05, 4.69) is 6.92 Å². The number of carbonyl (C=O) groups excluding carboxylic acids is 2. The largest absolute Gasteiger partial charge is 0.550 e. The van der Waals surface area contributed by atoms with E-state index in [1.807, 2.05) is 21.1 Å². The van der Waals surface area contributed by atoms with Gasteiger partial charge in [-0.15, -0.1) is 0 Å². The Bertz CT molecular complexity index is 461. The van der Waals surface area contributed by atoms with Gasteiger partial charge >= 0.3 is 5.97 Å². The molecular weight excluding hydrogens is 394 g/mol. The molecule has 184 valence electrons. The molecule has 0 radical (unpaired) electrons. The van der Waals surface area contributed by atoms with Crippen molar-refractivity contribution in [2.75, 3.05) is 27.7 Å². The number of aliphatic hydroxyl groups is 1. The number of rotatable bonds is 21. The first-order valence-corrected chi connectivity index (χ1v) is 12.5. The molecule has 0 aromatic heterocycles. The summed E-state index contributed by atoms with van der Waals surface area (Å²) in [4.78, 5) is 23.0. The van der Waals surface area contributed by atoms with Gasteiger partial charge in [-0.3, -0.25) is 4.79 Å². The fourth-order valence-corrected chi connectivity index (χ4v) is 3.87. The van der Waals surface area contributed by atoms with E-state index in [4.69, 9.17) is 4.74 Å². The van der Waals surface area contributed by atoms with Crippen LogP contribution in [0.5, 0.6) is 0 Å². The van der Waals surface area contributed by atoms with Gasteiger partial charge in [0.2, 0.25) is 0 Å². The van der Waals surface area contributed by atoms with E-state index in [1.165, 1.54) is 70.6 Å². The van der Waals surface area contributed by atoms with Crippen LogP contribution in [0.1, 0.15) is 110 Å². The fraction of sp³-hybridized carbons (Fsp3) is 0.920. The number of esters is 1. The maximum absolute atomic E-state index is 12.1. The molecule has 0 fully saturated rings. The molecule has 1 N–H and O–H groups in total. The maximum Gasteiger partial charge on any atom is 0.308 e. The van der Waals surface area contributed by atoms with E-state index in [0.29, 0.717) is 17.4 Å². The molecule has 0 aromatic carbocycles. The van der Waals surface area contributed by atoms with E-state index in [-0.39, 0.29) is 12.8 Å². The van der Waals surface area contributed by atoms with Gasteiger partial charge < -0.3 is 24.2 Å². The van der Waals surface area contributed by atoms with Crippen LogP contribution in [-0.4, -0.2) is 61.4 Å². The van der Waals surface area contributed by atoms with Crippen LogP contribution >= 0.6 is 0 Å². The monoisotopic (exact) mass is 443 g/mol. The highest BCUT2D eigenvalue weighted by Gasteiger charge is 2.23. The molecule has 0 aliphatic carbocycles. The average Bonchev–Trinajstić information content (AvgIpc) is 2.63. The molecule has 0 bridgehead atoms. The van der Waals surface area contributed by atoms with Crippen molar-refractivity contribution in [3.8, 4) is 0 Å². The highest BCUT2D eigenvalue weighted by Crippen LogP contribution is 2.14. The summed E-state index contributed by atoms with van der Waals surface area (Å²) >= 11 is 0. The van der Waals surface area contributed by atoms with Gasteiger partial charge in [0.05, 0.1) is 33.7 Å². The summed E-state index contributed by atoms with van der Waals surface area (Å²) < 4.78 is 5.77. The number of nitrogens with zero attached hydrogens (tertiary/aromatic N) is 1. The molecule has 2 unspecified atom stereocenters. The average molecular weight is 444 g/mol. The SMILES string of the molecule is CCCCCCCCCCCCCCCC(O)CC(=O)OC(CC(=O)[O-])C[N+](C)(C)C. The predicted octanol–water partition coefficient (Wildman–Crippen LogP) is 3.98. The van der Waals surface area contributed by atoms with E-state index in [9.17, 15) is 19.8 Å². The number of aliphatic hydroxyl groups excluding tert-OH is 1. The molecule has 6 nitrogen and oxygen atoms in total. The summed E-state index contributed by atoms with van der Waals surface area (Å²) in [6.07, 6.45) is 15.2. The molecule has 0 saturated carbocycles. The highest BCUT2D eigenvalue weighted by molar-refractivity contribution is 5.71. The van der Waals surface area contributed by atoms with Crippen molar-refractivity contribution in [2.24, 2.45) is 0 Å². The number of ether oxygens (including phenoxy) is 1. The van der Waals surface area contributed by atoms with Gasteiger partial charge in [0.15, 0.2) is 6.10 Å². The summed E-state index contributed by atoms with van der Waals surface area (Å²) in [7, 11) is 5.71. The zero-order chi connectivity index (χ0) is 23.5. The summed E-state index contributed by atoms with van der Waals surface area (Å²) in [5, 5.41) is 21.0. The van der Waals surface area contributed by atoms with E-state index in [0.717, 1.165) is 12.8 Å². The van der Waals surface area contributed by atoms with Crippen molar-refractivity contribution in [3.05, 3.63) is 0 Å². The van der Waals surface area contributed by atoms with Crippen molar-refractivity contribution in [2.45, 2.75) is 122 Å². The Labute approximate surface area is 190 Å². The van der Waals surface area contributed by atoms with Gasteiger partial charge in [-0.25, -0.2) is 0 Å². The van der Waals surface area contributed by atoms with Crippen LogP contribution in [-0.2, 0) is 14.3 Å². The van der Waals surface area contributed by atoms with Crippen molar-refractivity contribution in [1.82, 2.24) is 0 Å². The first-order valence-electron chi connectivity index (χ1n) is 12.5. The summed E-state index contributed by atoms with van der Waals surface area (Å²) in [6.45, 7) is 2.63. The smallest absolute Gasteiger partial charge is 0.308 e. The third-order valence-corrected chi connectivity index (χ3v) is 5.49. The summed E-state index contributed by atoms with van der Waals surface area (Å²) in [6, 6.07) is 0. The van der Waals surface area contributed by atoms with Gasteiger partial charge in [0, 0.05) is 12.4 Å². The summed E-state index contributed by atoms with van der Waals surface area (Å²) in [5.41, 5.74) is 0. The lowest BCUT2D eigenvalue weighted by atomic mass is 10.0. The van der Waals surface area contributed by atoms with Gasteiger partial charge in [-0.05, 0) is 6.42 Å². The van der Waals surface area contributed by atoms with Crippen LogP contribution in [0.15, 0.2) is 0 Å². The van der Waals surface area contributed by atoms with E-state index in [1.54, 1.807) is 0 Å². The third kappa shape index (κ3) is 21.9. The molecule has 0 spiro atoms. The molecule has 0 aliphatic rings. The van der Waals surface area contributed by atoms with Crippen LogP contribution in [0.4, 0.5) is 0 Å². The second-order valence-electron chi connectivity index (χ2n) is 10.1. The molecule has 0 rings (SSSR count). The Hall–Kier alpha value is -1.14. The minimum absolute atomic E-state index is 0.0844. The second kappa shape index (κ2) is 18.4. The quantitative estimate of drug-likeness (QED) is 0.165. The number of aliphatic carboxylic acids is 1. The zero-order valence-electron chi connectivity index (χ0n) is 20.7. The van der Waals surface area contributed by atoms with Crippen molar-refractivity contribution >= 4 is 11.9 Å². The van der Waals surface area contributed by atoms with Gasteiger partial charge in [-0.1, -0.05) is 90.4 Å². The number of carboxylic acids is 1. The number of hydrogen-bond acceptors (Lipinski definition) is 5. The minimum Gasteiger partial charge on any atom is -0.550 e. The Morgan fingerprint density at radius 1 is 0.806 bits per heavy atom. The van der Waals surface area contributed by atoms with Crippen LogP contribution < -0.4 is 5.11 Å². The van der Waals surface area contributed by atoms with Gasteiger partial charge in [-0.2, -0.15) is 0 Å². The molecule has 6 heteroatoms. The molecule has 0 saturated heterocycles. The number of hydrogen-bond donors (Lipinski definition) is 1. The van der Waals surface area contributed by atoms with Gasteiger partial charge in [0.1, 0.15) is 6.54 Å². The normalized spacial score (nSPS) is 13.7. The Morgan fingerprint density at radius 2 is 1.26 bits per heavy atom. The highest BCUT2D eigenvalue weighted by atomic mass is 16.5. The van der Waals surface area contributed by atoms with Crippen molar-refractivity contribution in [1.29, 1.82) is 0 Å². The number of carboxylic acid groups (broad SMARTS) is 1. The lowest BCUT2D eigenvalue weighted by Gasteiger charge is -2.29. The molecule has 2 atom stereocenters. The van der Waals surface area contributed by atoms with E-state index < -0.39 is 24.1 Å². The maximum atomic E-state index is 12.1. The molecule has 31 heavy (non-hydrogen) atoms. The van der Waals surface area contributed by atoms with Crippen molar-refractivity contribution < 1.29 is 29.0 Å². The molecule has 0 heterocycles. The van der Waals surface area contributed by atoms with Crippen LogP contribution in [0.25, 0.3) is 0 Å². The van der Waals surface area contributed by atoms with Crippen LogP contribution in [0.3, 0.4) is 0 Å². The van der Waals surface area contributed by atoms with Crippen molar-refractivity contribution in [3.63, 3.8) is 0 Å². The number of likely N-dealkylation sites (N-methyl/N-ethyl adjacent to an activating group) is 1. The van der Waals surface area contributed by atoms with Crippen LogP contribution in [0.2, 0.25) is 0 Å². The minimum atomic E-state index is -1.24. The molecule has 0 aromatic rings. The zero-order valence-corrected chi connectivity index (χ0v) is 20.7. The Morgan fingerprint density at radius 3 is 1.68 bits per heavy atom. The molecule has 0 amide bonds. The predicted molar refractivity (Wildman–Crippen MR) is 123 cm³/mol. The van der Waals surface area contributed by atoms with E-state index >= 15 is 0 Å². The topological polar surface area (TPSA) is 86.7 Å². The lowest BCUT2D eigenvalue weighted by molar-refractivity contribution is -0.873. The summed E-state index contributed by atoms with van der Waals surface area (Å²) in [5.74, 6) is -1.78.